The zero-order valence-corrected chi connectivity index (χ0v) is 17.8. The molecule has 0 fully saturated rings. The maximum absolute atomic E-state index is 3.78. The molecule has 0 saturated heterocycles. The minimum Gasteiger partial charge on any atom is -0.0786 e. The number of benzene rings is 2. The summed E-state index contributed by atoms with van der Waals surface area (Å²) in [6, 6.07) is 10.5. The van der Waals surface area contributed by atoms with E-state index >= 15 is 0 Å². The van der Waals surface area contributed by atoms with E-state index in [0.717, 1.165) is 17.9 Å². The largest absolute Gasteiger partial charge is 0.0786 e. The summed E-state index contributed by atoms with van der Waals surface area (Å²) in [6.45, 7) is 2.08. The first-order valence-corrected chi connectivity index (χ1v) is 9.53. The Morgan fingerprint density at radius 2 is 1.37 bits per heavy atom. The van der Waals surface area contributed by atoms with Gasteiger partial charge in [0, 0.05) is 17.9 Å². The van der Waals surface area contributed by atoms with Gasteiger partial charge in [-0.2, -0.15) is 0 Å². The van der Waals surface area contributed by atoms with Crippen LogP contribution in [0.5, 0.6) is 0 Å². The van der Waals surface area contributed by atoms with Crippen LogP contribution >= 0.6 is 79.6 Å². The van der Waals surface area contributed by atoms with E-state index in [0.29, 0.717) is 0 Å². The zero-order valence-electron chi connectivity index (χ0n) is 9.85. The first-order valence-electron chi connectivity index (χ1n) is 5.44. The summed E-state index contributed by atoms with van der Waals surface area (Å²) in [5, 5.41) is 0. The second-order valence-corrected chi connectivity index (χ2v) is 8.64. The molecule has 0 bridgehead atoms. The molecule has 0 nitrogen and oxygen atoms in total. The van der Waals surface area contributed by atoms with E-state index < -0.39 is 0 Å². The van der Waals surface area contributed by atoms with Gasteiger partial charge in [-0.25, -0.2) is 0 Å². The molecule has 100 valence electrons. The third-order valence-electron chi connectivity index (χ3n) is 2.73. The first-order chi connectivity index (χ1) is 8.88. The van der Waals surface area contributed by atoms with Gasteiger partial charge in [-0.15, -0.1) is 0 Å². The van der Waals surface area contributed by atoms with Crippen molar-refractivity contribution in [2.24, 2.45) is 0 Å². The average molecular weight is 577 g/mol. The van der Waals surface area contributed by atoms with Gasteiger partial charge < -0.3 is 0 Å². The van der Waals surface area contributed by atoms with Gasteiger partial charge in [0.15, 0.2) is 0 Å². The number of hydrogen-bond donors (Lipinski definition) is 0. The smallest absolute Gasteiger partial charge is 0.0656 e. The van der Waals surface area contributed by atoms with E-state index in [9.17, 15) is 0 Å². The molecule has 0 aromatic heterocycles. The Kier molecular flexibility index (Phi) is 5.75. The minimum atomic E-state index is 0.132. The van der Waals surface area contributed by atoms with Crippen LogP contribution < -0.4 is 0 Å². The van der Waals surface area contributed by atoms with E-state index in [2.05, 4.69) is 111 Å². The van der Waals surface area contributed by atoms with Gasteiger partial charge in [-0.05, 0) is 53.9 Å². The second kappa shape index (κ2) is 6.73. The quantitative estimate of drug-likeness (QED) is 0.324. The fraction of sp³-hybridized carbons (Fsp3) is 0.143. The molecular formula is C14H9Br5. The van der Waals surface area contributed by atoms with Gasteiger partial charge in [0.05, 0.1) is 4.83 Å². The normalized spacial score (nSPS) is 12.5. The van der Waals surface area contributed by atoms with Gasteiger partial charge in [-0.1, -0.05) is 79.6 Å². The van der Waals surface area contributed by atoms with Gasteiger partial charge in [-0.3, -0.25) is 0 Å². The molecule has 0 aliphatic heterocycles. The summed E-state index contributed by atoms with van der Waals surface area (Å²) in [5.41, 5.74) is 3.60. The molecule has 0 radical (unpaired) electrons. The fourth-order valence-corrected chi connectivity index (χ4v) is 5.08. The van der Waals surface area contributed by atoms with Crippen molar-refractivity contribution in [1.82, 2.24) is 0 Å². The predicted molar refractivity (Wildman–Crippen MR) is 99.2 cm³/mol. The van der Waals surface area contributed by atoms with E-state index in [-0.39, 0.29) is 4.83 Å². The monoisotopic (exact) mass is 572 g/mol. The predicted octanol–water partition coefficient (Wildman–Crippen LogP) is 7.53. The van der Waals surface area contributed by atoms with Gasteiger partial charge in [0.2, 0.25) is 0 Å². The highest BCUT2D eigenvalue weighted by Gasteiger charge is 2.16. The molecule has 0 aliphatic carbocycles. The molecule has 0 spiro atoms. The topological polar surface area (TPSA) is 0 Å². The van der Waals surface area contributed by atoms with Gasteiger partial charge >= 0.3 is 0 Å². The molecule has 1 atom stereocenters. The Hall–Kier alpha value is 0.840. The van der Waals surface area contributed by atoms with Crippen molar-refractivity contribution in [3.8, 4) is 0 Å². The van der Waals surface area contributed by atoms with E-state index in [1.807, 2.05) is 6.07 Å². The average Bonchev–Trinajstić information content (AvgIpc) is 2.31. The molecular weight excluding hydrogens is 568 g/mol. The molecule has 2 rings (SSSR count). The second-order valence-electron chi connectivity index (χ2n) is 4.19. The van der Waals surface area contributed by atoms with Gasteiger partial charge in [0.25, 0.3) is 0 Å². The van der Waals surface area contributed by atoms with Crippen molar-refractivity contribution >= 4 is 79.6 Å². The maximum atomic E-state index is 3.78. The Morgan fingerprint density at radius 3 is 1.95 bits per heavy atom. The minimum absolute atomic E-state index is 0.132. The number of aryl methyl sites for hydroxylation is 1. The lowest BCUT2D eigenvalue weighted by Gasteiger charge is -2.15. The van der Waals surface area contributed by atoms with Crippen molar-refractivity contribution in [1.29, 1.82) is 0 Å². The lowest BCUT2D eigenvalue weighted by Crippen LogP contribution is -1.96. The number of alkyl halides is 1. The summed E-state index contributed by atoms with van der Waals surface area (Å²) >= 11 is 18.1. The molecule has 0 N–H and O–H groups in total. The number of hydrogen-bond acceptors (Lipinski definition) is 0. The lowest BCUT2D eigenvalue weighted by atomic mass is 10.0. The molecule has 5 heteroatoms. The molecule has 0 amide bonds. The van der Waals surface area contributed by atoms with Crippen LogP contribution in [0.25, 0.3) is 0 Å². The van der Waals surface area contributed by atoms with Crippen LogP contribution in [0.4, 0.5) is 0 Å². The summed E-state index contributed by atoms with van der Waals surface area (Å²) in [6.07, 6.45) is 0. The Labute approximate surface area is 155 Å². The maximum Gasteiger partial charge on any atom is 0.0656 e. The Bertz CT molecular complexity index is 601. The Balaban J connectivity index is 2.49. The molecule has 2 aromatic rings. The fourth-order valence-electron chi connectivity index (χ4n) is 1.76. The molecule has 0 aliphatic rings. The highest BCUT2D eigenvalue weighted by atomic mass is 79.9. The lowest BCUT2D eigenvalue weighted by molar-refractivity contribution is 1.14. The van der Waals surface area contributed by atoms with Crippen LogP contribution in [-0.2, 0) is 0 Å². The van der Waals surface area contributed by atoms with Crippen LogP contribution in [0.3, 0.4) is 0 Å². The first kappa shape index (κ1) is 16.2. The van der Waals surface area contributed by atoms with Crippen molar-refractivity contribution in [2.45, 2.75) is 11.8 Å². The highest BCUT2D eigenvalue weighted by Crippen LogP contribution is 2.39. The van der Waals surface area contributed by atoms with Crippen LogP contribution in [0, 0.1) is 6.92 Å². The third kappa shape index (κ3) is 3.94. The van der Waals surface area contributed by atoms with Crippen molar-refractivity contribution in [2.75, 3.05) is 0 Å². The highest BCUT2D eigenvalue weighted by molar-refractivity contribution is 9.11. The summed E-state index contributed by atoms with van der Waals surface area (Å²) in [4.78, 5) is 0.132. The van der Waals surface area contributed by atoms with E-state index in [4.69, 9.17) is 0 Å². The summed E-state index contributed by atoms with van der Waals surface area (Å²) < 4.78 is 4.34. The van der Waals surface area contributed by atoms with Crippen LogP contribution in [0.15, 0.2) is 48.2 Å². The zero-order chi connectivity index (χ0) is 14.2. The van der Waals surface area contributed by atoms with Crippen LogP contribution in [0.2, 0.25) is 0 Å². The molecule has 1 unspecified atom stereocenters. The van der Waals surface area contributed by atoms with E-state index in [1.54, 1.807) is 0 Å². The number of halogens is 5. The van der Waals surface area contributed by atoms with Gasteiger partial charge in [0.1, 0.15) is 0 Å². The standard InChI is InChI=1S/C14H9Br5/c1-7-2-13(18)11(6-12(7)17)14(19)8-3-9(15)5-10(16)4-8/h2-6,14H,1H3. The van der Waals surface area contributed by atoms with Crippen molar-refractivity contribution < 1.29 is 0 Å². The van der Waals surface area contributed by atoms with Crippen LogP contribution in [0.1, 0.15) is 21.5 Å². The molecule has 2 aromatic carbocycles. The SMILES string of the molecule is Cc1cc(Br)c(C(Br)c2cc(Br)cc(Br)c2)cc1Br. The van der Waals surface area contributed by atoms with Crippen molar-refractivity contribution in [3.63, 3.8) is 0 Å². The van der Waals surface area contributed by atoms with Crippen LogP contribution in [-0.4, -0.2) is 0 Å². The summed E-state index contributed by atoms with van der Waals surface area (Å²) in [7, 11) is 0. The third-order valence-corrected chi connectivity index (χ3v) is 6.21. The Morgan fingerprint density at radius 1 is 0.789 bits per heavy atom. The van der Waals surface area contributed by atoms with E-state index in [1.165, 1.54) is 16.7 Å². The number of rotatable bonds is 2. The molecule has 0 heterocycles. The summed E-state index contributed by atoms with van der Waals surface area (Å²) in [5.74, 6) is 0. The van der Waals surface area contributed by atoms with Crippen molar-refractivity contribution in [3.05, 3.63) is 64.9 Å². The molecule has 19 heavy (non-hydrogen) atoms. The molecule has 0 saturated carbocycles.